The molecule has 1 N–H and O–H groups in total. The fourth-order valence-electron chi connectivity index (χ4n) is 3.02. The molecule has 0 spiro atoms. The van der Waals surface area contributed by atoms with E-state index in [2.05, 4.69) is 38.6 Å². The van der Waals surface area contributed by atoms with E-state index in [9.17, 15) is 0 Å². The lowest BCUT2D eigenvalue weighted by atomic mass is 10.0. The minimum atomic E-state index is 0.455. The molecule has 2 heterocycles. The van der Waals surface area contributed by atoms with Gasteiger partial charge in [-0.15, -0.1) is 5.10 Å². The number of nitrogens with one attached hydrogen (secondary N) is 1. The van der Waals surface area contributed by atoms with Crippen LogP contribution in [0.5, 0.6) is 5.75 Å². The molecule has 5 heteroatoms. The third-order valence-electron chi connectivity index (χ3n) is 4.30. The molecule has 23 heavy (non-hydrogen) atoms. The molecule has 5 nitrogen and oxygen atoms in total. The number of benzene rings is 1. The van der Waals surface area contributed by atoms with E-state index >= 15 is 0 Å². The van der Waals surface area contributed by atoms with Gasteiger partial charge in [-0.1, -0.05) is 18.2 Å². The summed E-state index contributed by atoms with van der Waals surface area (Å²) in [5, 5.41) is 12.1. The zero-order chi connectivity index (χ0) is 16.1. The lowest BCUT2D eigenvalue weighted by Crippen LogP contribution is -2.45. The van der Waals surface area contributed by atoms with Crippen LogP contribution >= 0.6 is 0 Å². The van der Waals surface area contributed by atoms with E-state index in [0.29, 0.717) is 6.04 Å². The molecule has 122 valence electrons. The minimum Gasteiger partial charge on any atom is -0.496 e. The Labute approximate surface area is 137 Å². The van der Waals surface area contributed by atoms with Gasteiger partial charge >= 0.3 is 0 Å². The molecule has 1 saturated heterocycles. The minimum absolute atomic E-state index is 0.455. The molecule has 1 fully saturated rings. The second-order valence-electron chi connectivity index (χ2n) is 6.01. The predicted octanol–water partition coefficient (Wildman–Crippen LogP) is 2.55. The number of rotatable bonds is 5. The van der Waals surface area contributed by atoms with Crippen molar-refractivity contribution in [2.24, 2.45) is 0 Å². The van der Waals surface area contributed by atoms with Crippen molar-refractivity contribution in [2.45, 2.75) is 32.4 Å². The Bertz CT molecular complexity index is 629. The number of methoxy groups -OCH3 is 1. The molecular formula is C18H24N4O. The Balaban J connectivity index is 1.59. The molecule has 0 radical (unpaired) electrons. The Morgan fingerprint density at radius 3 is 2.87 bits per heavy atom. The van der Waals surface area contributed by atoms with Crippen LogP contribution in [0, 0.1) is 6.92 Å². The van der Waals surface area contributed by atoms with Crippen molar-refractivity contribution in [1.29, 1.82) is 0 Å². The number of aryl methyl sites for hydroxylation is 1. The zero-order valence-electron chi connectivity index (χ0n) is 13.8. The Hall–Kier alpha value is -2.14. The standard InChI is InChI=1S/C18H24N4O/c1-14-9-10-18(21-20-14)22-11-5-7-16(13-22)19-12-15-6-3-4-8-17(15)23-2/h3-4,6,8-10,16,19H,5,7,11-13H2,1-2H3/t16-/m1/s1. The van der Waals surface area contributed by atoms with Gasteiger partial charge < -0.3 is 15.0 Å². The van der Waals surface area contributed by atoms with Gasteiger partial charge in [0.25, 0.3) is 0 Å². The van der Waals surface area contributed by atoms with Crippen LogP contribution in [0.1, 0.15) is 24.1 Å². The maximum absolute atomic E-state index is 5.42. The Kier molecular flexibility index (Phi) is 5.08. The summed E-state index contributed by atoms with van der Waals surface area (Å²) in [5.41, 5.74) is 2.15. The lowest BCUT2D eigenvalue weighted by molar-refractivity contribution is 0.394. The molecule has 1 aliphatic heterocycles. The molecule has 0 amide bonds. The molecule has 1 atom stereocenters. The average Bonchev–Trinajstić information content (AvgIpc) is 2.61. The van der Waals surface area contributed by atoms with Gasteiger partial charge in [0.1, 0.15) is 5.75 Å². The van der Waals surface area contributed by atoms with Crippen LogP contribution in [-0.4, -0.2) is 36.4 Å². The van der Waals surface area contributed by atoms with E-state index in [1.54, 1.807) is 7.11 Å². The number of nitrogens with zero attached hydrogens (tertiary/aromatic N) is 3. The number of hydrogen-bond donors (Lipinski definition) is 1. The molecule has 0 bridgehead atoms. The molecule has 1 aromatic carbocycles. The summed E-state index contributed by atoms with van der Waals surface area (Å²) >= 11 is 0. The number of para-hydroxylation sites is 1. The first kappa shape index (κ1) is 15.7. The van der Waals surface area contributed by atoms with Crippen molar-refractivity contribution < 1.29 is 4.74 Å². The van der Waals surface area contributed by atoms with Gasteiger partial charge in [0.15, 0.2) is 5.82 Å². The van der Waals surface area contributed by atoms with E-state index < -0.39 is 0 Å². The molecule has 0 unspecified atom stereocenters. The summed E-state index contributed by atoms with van der Waals surface area (Å²) in [4.78, 5) is 2.32. The largest absolute Gasteiger partial charge is 0.496 e. The van der Waals surface area contributed by atoms with Gasteiger partial charge in [-0.25, -0.2) is 0 Å². The first-order valence-corrected chi connectivity index (χ1v) is 8.17. The maximum atomic E-state index is 5.42. The smallest absolute Gasteiger partial charge is 0.151 e. The van der Waals surface area contributed by atoms with Crippen molar-refractivity contribution in [3.05, 3.63) is 47.7 Å². The predicted molar refractivity (Wildman–Crippen MR) is 91.8 cm³/mol. The van der Waals surface area contributed by atoms with Crippen LogP contribution in [0.3, 0.4) is 0 Å². The highest BCUT2D eigenvalue weighted by atomic mass is 16.5. The third kappa shape index (κ3) is 3.99. The van der Waals surface area contributed by atoms with Crippen molar-refractivity contribution in [2.75, 3.05) is 25.1 Å². The first-order chi connectivity index (χ1) is 11.3. The van der Waals surface area contributed by atoms with Crippen molar-refractivity contribution in [3.8, 4) is 5.75 Å². The van der Waals surface area contributed by atoms with Crippen LogP contribution in [0.2, 0.25) is 0 Å². The van der Waals surface area contributed by atoms with Gasteiger partial charge in [-0.3, -0.25) is 0 Å². The summed E-state index contributed by atoms with van der Waals surface area (Å²) in [7, 11) is 1.72. The highest BCUT2D eigenvalue weighted by Gasteiger charge is 2.21. The molecule has 1 aliphatic rings. The number of aromatic nitrogens is 2. The summed E-state index contributed by atoms with van der Waals surface area (Å²) in [6.45, 7) is 4.80. The zero-order valence-corrected chi connectivity index (χ0v) is 13.8. The van der Waals surface area contributed by atoms with Crippen LogP contribution in [0.4, 0.5) is 5.82 Å². The van der Waals surface area contributed by atoms with Gasteiger partial charge in [0.2, 0.25) is 0 Å². The van der Waals surface area contributed by atoms with E-state index in [0.717, 1.165) is 36.9 Å². The highest BCUT2D eigenvalue weighted by Crippen LogP contribution is 2.20. The van der Waals surface area contributed by atoms with E-state index in [4.69, 9.17) is 4.74 Å². The summed E-state index contributed by atoms with van der Waals surface area (Å²) < 4.78 is 5.42. The second-order valence-corrected chi connectivity index (χ2v) is 6.01. The van der Waals surface area contributed by atoms with Crippen molar-refractivity contribution in [1.82, 2.24) is 15.5 Å². The lowest BCUT2D eigenvalue weighted by Gasteiger charge is -2.34. The molecular weight excluding hydrogens is 288 g/mol. The van der Waals surface area contributed by atoms with Crippen LogP contribution in [-0.2, 0) is 6.54 Å². The SMILES string of the molecule is COc1ccccc1CN[C@@H]1CCCN(c2ccc(C)nn2)C1. The third-order valence-corrected chi connectivity index (χ3v) is 4.30. The highest BCUT2D eigenvalue weighted by molar-refractivity contribution is 5.38. The van der Waals surface area contributed by atoms with Gasteiger partial charge in [0.05, 0.1) is 12.8 Å². The number of ether oxygens (including phenoxy) is 1. The fraction of sp³-hybridized carbons (Fsp3) is 0.444. The van der Waals surface area contributed by atoms with Crippen LogP contribution in [0.25, 0.3) is 0 Å². The Morgan fingerprint density at radius 2 is 2.09 bits per heavy atom. The molecule has 0 saturated carbocycles. The first-order valence-electron chi connectivity index (χ1n) is 8.17. The maximum Gasteiger partial charge on any atom is 0.151 e. The molecule has 0 aliphatic carbocycles. The topological polar surface area (TPSA) is 50.3 Å². The summed E-state index contributed by atoms with van der Waals surface area (Å²) in [6, 6.07) is 12.7. The molecule has 3 rings (SSSR count). The van der Waals surface area contributed by atoms with Crippen LogP contribution in [0.15, 0.2) is 36.4 Å². The van der Waals surface area contributed by atoms with Crippen LogP contribution < -0.4 is 15.0 Å². The number of hydrogen-bond acceptors (Lipinski definition) is 5. The number of anilines is 1. The van der Waals surface area contributed by atoms with Crippen molar-refractivity contribution in [3.63, 3.8) is 0 Å². The molecule has 1 aromatic heterocycles. The summed E-state index contributed by atoms with van der Waals surface area (Å²) in [5.74, 6) is 1.91. The van der Waals surface area contributed by atoms with Gasteiger partial charge in [0, 0.05) is 31.2 Å². The van der Waals surface area contributed by atoms with Gasteiger partial charge in [-0.2, -0.15) is 5.10 Å². The molecule has 2 aromatic rings. The van der Waals surface area contributed by atoms with E-state index in [1.807, 2.05) is 25.1 Å². The normalized spacial score (nSPS) is 18.0. The number of piperidine rings is 1. The van der Waals surface area contributed by atoms with Crippen molar-refractivity contribution >= 4 is 5.82 Å². The quantitative estimate of drug-likeness (QED) is 0.919. The van der Waals surface area contributed by atoms with Gasteiger partial charge in [-0.05, 0) is 38.0 Å². The fourth-order valence-corrected chi connectivity index (χ4v) is 3.02. The monoisotopic (exact) mass is 312 g/mol. The van der Waals surface area contributed by atoms with E-state index in [-0.39, 0.29) is 0 Å². The average molecular weight is 312 g/mol. The Morgan fingerprint density at radius 1 is 1.22 bits per heavy atom. The second kappa shape index (κ2) is 7.42. The van der Waals surface area contributed by atoms with E-state index in [1.165, 1.54) is 18.4 Å². The summed E-state index contributed by atoms with van der Waals surface area (Å²) in [6.07, 6.45) is 2.35.